The molecule has 4 nitrogen and oxygen atoms in total. The van der Waals surface area contributed by atoms with E-state index in [1.165, 1.54) is 38.5 Å². The number of nitrogens with one attached hydrogen (secondary N) is 2. The molecule has 5 atom stereocenters. The molecule has 1 aliphatic carbocycles. The Morgan fingerprint density at radius 1 is 1.14 bits per heavy atom. The molecule has 4 heteroatoms. The van der Waals surface area contributed by atoms with Gasteiger partial charge >= 0.3 is 0 Å². The second-order valence-corrected chi connectivity index (χ2v) is 8.12. The number of rotatable bonds is 4. The van der Waals surface area contributed by atoms with Gasteiger partial charge in [0.05, 0.1) is 6.54 Å². The molecule has 0 aromatic carbocycles. The zero-order valence-corrected chi connectivity index (χ0v) is 14.5. The number of nitrogens with zero attached hydrogens (tertiary/aromatic N) is 1. The predicted octanol–water partition coefficient (Wildman–Crippen LogP) is 2.14. The van der Waals surface area contributed by atoms with Crippen molar-refractivity contribution in [2.75, 3.05) is 13.6 Å². The molecule has 22 heavy (non-hydrogen) atoms. The van der Waals surface area contributed by atoms with Crippen LogP contribution in [-0.4, -0.2) is 48.6 Å². The van der Waals surface area contributed by atoms with Crippen molar-refractivity contribution in [1.29, 1.82) is 0 Å². The summed E-state index contributed by atoms with van der Waals surface area (Å²) in [4.78, 5) is 14.7. The normalized spacial score (nSPS) is 41.6. The molecule has 3 fully saturated rings. The zero-order valence-electron chi connectivity index (χ0n) is 14.5. The van der Waals surface area contributed by atoms with Crippen molar-refractivity contribution >= 4 is 5.91 Å². The van der Waals surface area contributed by atoms with Gasteiger partial charge in [-0.25, -0.2) is 0 Å². The van der Waals surface area contributed by atoms with Crippen LogP contribution in [0.4, 0.5) is 0 Å². The van der Waals surface area contributed by atoms with Gasteiger partial charge in [0.15, 0.2) is 0 Å². The Morgan fingerprint density at radius 3 is 2.50 bits per heavy atom. The van der Waals surface area contributed by atoms with Gasteiger partial charge < -0.3 is 10.6 Å². The molecule has 0 aromatic heterocycles. The highest BCUT2D eigenvalue weighted by atomic mass is 16.2. The van der Waals surface area contributed by atoms with Gasteiger partial charge in [0.25, 0.3) is 0 Å². The molecule has 2 saturated heterocycles. The lowest BCUT2D eigenvalue weighted by Crippen LogP contribution is -2.51. The SMILES string of the molecule is CC1CCCC(NC(=O)CN(C)C2CC3CCC(C2)N3)C1C. The van der Waals surface area contributed by atoms with Gasteiger partial charge in [-0.15, -0.1) is 0 Å². The first-order chi connectivity index (χ1) is 10.5. The lowest BCUT2D eigenvalue weighted by atomic mass is 9.78. The number of fused-ring (bicyclic) bond motifs is 2. The fourth-order valence-electron chi connectivity index (χ4n) is 4.78. The average molecular weight is 307 g/mol. The molecule has 1 saturated carbocycles. The first-order valence-electron chi connectivity index (χ1n) is 9.28. The van der Waals surface area contributed by atoms with Crippen LogP contribution < -0.4 is 10.6 Å². The first-order valence-corrected chi connectivity index (χ1v) is 9.28. The third-order valence-electron chi connectivity index (χ3n) is 6.52. The van der Waals surface area contributed by atoms with E-state index in [9.17, 15) is 4.79 Å². The second kappa shape index (κ2) is 6.88. The Bertz CT molecular complexity index is 388. The summed E-state index contributed by atoms with van der Waals surface area (Å²) in [5, 5.41) is 6.99. The highest BCUT2D eigenvalue weighted by Gasteiger charge is 2.35. The number of hydrogen-bond acceptors (Lipinski definition) is 3. The Morgan fingerprint density at radius 2 is 1.82 bits per heavy atom. The van der Waals surface area contributed by atoms with Crippen LogP contribution >= 0.6 is 0 Å². The monoisotopic (exact) mass is 307 g/mol. The van der Waals surface area contributed by atoms with Crippen molar-refractivity contribution in [2.24, 2.45) is 11.8 Å². The Kier molecular flexibility index (Phi) is 5.08. The number of carbonyl (C=O) groups is 1. The van der Waals surface area contributed by atoms with Crippen LogP contribution in [0.5, 0.6) is 0 Å². The van der Waals surface area contributed by atoms with Crippen molar-refractivity contribution in [2.45, 2.75) is 83.0 Å². The molecule has 2 N–H and O–H groups in total. The average Bonchev–Trinajstić information content (AvgIpc) is 2.82. The summed E-state index contributed by atoms with van der Waals surface area (Å²) in [6.45, 7) is 5.17. The molecular weight excluding hydrogens is 274 g/mol. The Balaban J connectivity index is 1.47. The van der Waals surface area contributed by atoms with Crippen LogP contribution in [-0.2, 0) is 4.79 Å². The maximum atomic E-state index is 12.4. The molecule has 2 heterocycles. The van der Waals surface area contributed by atoms with Gasteiger partial charge in [-0.3, -0.25) is 9.69 Å². The summed E-state index contributed by atoms with van der Waals surface area (Å²) in [5.41, 5.74) is 0. The molecular formula is C18H33N3O. The summed E-state index contributed by atoms with van der Waals surface area (Å²) < 4.78 is 0. The zero-order chi connectivity index (χ0) is 15.7. The maximum Gasteiger partial charge on any atom is 0.234 e. The van der Waals surface area contributed by atoms with E-state index in [2.05, 4.69) is 36.4 Å². The van der Waals surface area contributed by atoms with Crippen LogP contribution in [0.25, 0.3) is 0 Å². The fraction of sp³-hybridized carbons (Fsp3) is 0.944. The van der Waals surface area contributed by atoms with Gasteiger partial charge in [-0.05, 0) is 51.0 Å². The summed E-state index contributed by atoms with van der Waals surface area (Å²) in [6.07, 6.45) is 8.76. The van der Waals surface area contributed by atoms with Gasteiger partial charge in [0, 0.05) is 24.2 Å². The van der Waals surface area contributed by atoms with Crippen LogP contribution in [0.1, 0.15) is 58.8 Å². The third-order valence-corrected chi connectivity index (χ3v) is 6.52. The molecule has 126 valence electrons. The van der Waals surface area contributed by atoms with Crippen molar-refractivity contribution in [3.8, 4) is 0 Å². The quantitative estimate of drug-likeness (QED) is 0.836. The fourth-order valence-corrected chi connectivity index (χ4v) is 4.78. The minimum absolute atomic E-state index is 0.222. The van der Waals surface area contributed by atoms with E-state index in [4.69, 9.17) is 0 Å². The van der Waals surface area contributed by atoms with E-state index in [0.717, 1.165) is 12.3 Å². The van der Waals surface area contributed by atoms with Crippen molar-refractivity contribution in [3.05, 3.63) is 0 Å². The van der Waals surface area contributed by atoms with Crippen molar-refractivity contribution in [1.82, 2.24) is 15.5 Å². The summed E-state index contributed by atoms with van der Waals surface area (Å²) >= 11 is 0. The van der Waals surface area contributed by atoms with Crippen molar-refractivity contribution < 1.29 is 4.79 Å². The van der Waals surface area contributed by atoms with E-state index < -0.39 is 0 Å². The van der Waals surface area contributed by atoms with Gasteiger partial charge in [-0.2, -0.15) is 0 Å². The summed E-state index contributed by atoms with van der Waals surface area (Å²) in [7, 11) is 2.13. The van der Waals surface area contributed by atoms with E-state index in [1.54, 1.807) is 0 Å². The van der Waals surface area contributed by atoms with E-state index in [-0.39, 0.29) is 5.91 Å². The van der Waals surface area contributed by atoms with E-state index >= 15 is 0 Å². The van der Waals surface area contributed by atoms with Crippen LogP contribution in [0.3, 0.4) is 0 Å². The Labute approximate surface area is 135 Å². The van der Waals surface area contributed by atoms with Crippen molar-refractivity contribution in [3.63, 3.8) is 0 Å². The van der Waals surface area contributed by atoms with E-state index in [0.29, 0.717) is 36.6 Å². The molecule has 5 unspecified atom stereocenters. The standard InChI is InChI=1S/C18H33N3O/c1-12-5-4-6-17(13(12)2)20-18(22)11-21(3)16-9-14-7-8-15(10-16)19-14/h12-17,19H,4-11H2,1-3H3,(H,20,22). The highest BCUT2D eigenvalue weighted by Crippen LogP contribution is 2.30. The highest BCUT2D eigenvalue weighted by molar-refractivity contribution is 5.78. The molecule has 3 rings (SSSR count). The third kappa shape index (κ3) is 3.65. The molecule has 0 spiro atoms. The lowest BCUT2D eigenvalue weighted by Gasteiger charge is -2.37. The number of hydrogen-bond donors (Lipinski definition) is 2. The molecule has 3 aliphatic rings. The Hall–Kier alpha value is -0.610. The topological polar surface area (TPSA) is 44.4 Å². The molecule has 0 aromatic rings. The molecule has 1 amide bonds. The van der Waals surface area contributed by atoms with Gasteiger partial charge in [-0.1, -0.05) is 26.7 Å². The number of carbonyl (C=O) groups excluding carboxylic acids is 1. The number of piperidine rings is 1. The first kappa shape index (κ1) is 16.3. The van der Waals surface area contributed by atoms with Gasteiger partial charge in [0.2, 0.25) is 5.91 Å². The number of likely N-dealkylation sites (N-methyl/N-ethyl adjacent to an activating group) is 1. The second-order valence-electron chi connectivity index (χ2n) is 8.12. The van der Waals surface area contributed by atoms with Crippen LogP contribution in [0.15, 0.2) is 0 Å². The maximum absolute atomic E-state index is 12.4. The van der Waals surface area contributed by atoms with Gasteiger partial charge in [0.1, 0.15) is 0 Å². The summed E-state index contributed by atoms with van der Waals surface area (Å²) in [6, 6.07) is 2.34. The molecule has 0 radical (unpaired) electrons. The largest absolute Gasteiger partial charge is 0.352 e. The van der Waals surface area contributed by atoms with E-state index in [1.807, 2.05) is 0 Å². The van der Waals surface area contributed by atoms with Crippen LogP contribution in [0, 0.1) is 11.8 Å². The molecule has 2 aliphatic heterocycles. The smallest absolute Gasteiger partial charge is 0.234 e. The van der Waals surface area contributed by atoms with Crippen LogP contribution in [0.2, 0.25) is 0 Å². The summed E-state index contributed by atoms with van der Waals surface area (Å²) in [5.74, 6) is 1.56. The number of amides is 1. The minimum Gasteiger partial charge on any atom is -0.352 e. The predicted molar refractivity (Wildman–Crippen MR) is 89.7 cm³/mol. The minimum atomic E-state index is 0.222. The molecule has 2 bridgehead atoms. The lowest BCUT2D eigenvalue weighted by molar-refractivity contribution is -0.124.